The van der Waals surface area contributed by atoms with E-state index in [0.29, 0.717) is 23.8 Å². The van der Waals surface area contributed by atoms with Gasteiger partial charge in [-0.1, -0.05) is 6.07 Å². The fourth-order valence-electron chi connectivity index (χ4n) is 2.99. The summed E-state index contributed by atoms with van der Waals surface area (Å²) in [4.78, 5) is 14.1. The van der Waals surface area contributed by atoms with Crippen LogP contribution in [0.2, 0.25) is 0 Å². The number of nitrogens with one attached hydrogen (secondary N) is 1. The third-order valence-corrected chi connectivity index (χ3v) is 4.44. The Kier molecular flexibility index (Phi) is 5.88. The van der Waals surface area contributed by atoms with E-state index < -0.39 is 0 Å². The Labute approximate surface area is 153 Å². The Hall–Kier alpha value is -2.83. The number of benzene rings is 1. The molecule has 138 valence electrons. The SMILES string of the molecule is COc1ccc(CCNc2ccc(C(=O)N3CCCC3)nn2)cc1OC. The first-order valence-corrected chi connectivity index (χ1v) is 8.79. The van der Waals surface area contributed by atoms with Crippen LogP contribution in [0.5, 0.6) is 11.5 Å². The Morgan fingerprint density at radius 3 is 2.50 bits per heavy atom. The molecule has 1 aliphatic heterocycles. The number of amides is 1. The molecule has 0 atom stereocenters. The van der Waals surface area contributed by atoms with Gasteiger partial charge in [0.1, 0.15) is 5.82 Å². The molecule has 2 heterocycles. The molecule has 1 aromatic carbocycles. The van der Waals surface area contributed by atoms with Gasteiger partial charge in [0, 0.05) is 19.6 Å². The number of aromatic nitrogens is 2. The fourth-order valence-corrected chi connectivity index (χ4v) is 2.99. The molecule has 0 saturated carbocycles. The average Bonchev–Trinajstić information content (AvgIpc) is 3.22. The maximum absolute atomic E-state index is 12.3. The van der Waals surface area contributed by atoms with Crippen molar-refractivity contribution >= 4 is 11.7 Å². The monoisotopic (exact) mass is 356 g/mol. The van der Waals surface area contributed by atoms with E-state index in [1.165, 1.54) is 0 Å². The van der Waals surface area contributed by atoms with Crippen LogP contribution in [0.4, 0.5) is 5.82 Å². The van der Waals surface area contributed by atoms with Crippen LogP contribution in [0.3, 0.4) is 0 Å². The second-order valence-electron chi connectivity index (χ2n) is 6.17. The summed E-state index contributed by atoms with van der Waals surface area (Å²) < 4.78 is 10.6. The Morgan fingerprint density at radius 1 is 1.08 bits per heavy atom. The molecule has 0 radical (unpaired) electrons. The summed E-state index contributed by atoms with van der Waals surface area (Å²) in [5, 5.41) is 11.4. The van der Waals surface area contributed by atoms with Gasteiger partial charge < -0.3 is 19.7 Å². The number of hydrogen-bond donors (Lipinski definition) is 1. The van der Waals surface area contributed by atoms with Crippen molar-refractivity contribution in [3.05, 3.63) is 41.6 Å². The van der Waals surface area contributed by atoms with Crippen LogP contribution in [-0.4, -0.2) is 54.9 Å². The smallest absolute Gasteiger partial charge is 0.274 e. The minimum Gasteiger partial charge on any atom is -0.493 e. The van der Waals surface area contributed by atoms with Crippen molar-refractivity contribution in [2.24, 2.45) is 0 Å². The molecule has 0 spiro atoms. The molecule has 0 unspecified atom stereocenters. The highest BCUT2D eigenvalue weighted by atomic mass is 16.5. The van der Waals surface area contributed by atoms with Gasteiger partial charge in [0.2, 0.25) is 0 Å². The van der Waals surface area contributed by atoms with Gasteiger partial charge in [-0.05, 0) is 49.1 Å². The van der Waals surface area contributed by atoms with Gasteiger partial charge in [-0.3, -0.25) is 4.79 Å². The Morgan fingerprint density at radius 2 is 1.85 bits per heavy atom. The van der Waals surface area contributed by atoms with Gasteiger partial charge in [0.25, 0.3) is 5.91 Å². The van der Waals surface area contributed by atoms with E-state index in [-0.39, 0.29) is 5.91 Å². The lowest BCUT2D eigenvalue weighted by molar-refractivity contribution is 0.0786. The summed E-state index contributed by atoms with van der Waals surface area (Å²) in [7, 11) is 3.25. The zero-order chi connectivity index (χ0) is 18.4. The molecule has 0 bridgehead atoms. The van der Waals surface area contributed by atoms with Crippen LogP contribution < -0.4 is 14.8 Å². The number of rotatable bonds is 7. The third-order valence-electron chi connectivity index (χ3n) is 4.44. The van der Waals surface area contributed by atoms with Crippen LogP contribution in [0, 0.1) is 0 Å². The number of nitrogens with zero attached hydrogens (tertiary/aromatic N) is 3. The van der Waals surface area contributed by atoms with Crippen LogP contribution in [0.25, 0.3) is 0 Å². The highest BCUT2D eigenvalue weighted by molar-refractivity contribution is 5.92. The summed E-state index contributed by atoms with van der Waals surface area (Å²) in [6, 6.07) is 9.39. The van der Waals surface area contributed by atoms with E-state index in [1.54, 1.807) is 26.4 Å². The van der Waals surface area contributed by atoms with Crippen LogP contribution in [0.15, 0.2) is 30.3 Å². The summed E-state index contributed by atoms with van der Waals surface area (Å²) in [5.74, 6) is 2.05. The number of likely N-dealkylation sites (tertiary alicyclic amines) is 1. The largest absolute Gasteiger partial charge is 0.493 e. The van der Waals surface area contributed by atoms with E-state index in [2.05, 4.69) is 15.5 Å². The molecule has 1 aliphatic rings. The van der Waals surface area contributed by atoms with E-state index in [9.17, 15) is 4.79 Å². The van der Waals surface area contributed by atoms with Crippen molar-refractivity contribution in [2.75, 3.05) is 39.2 Å². The maximum atomic E-state index is 12.3. The third kappa shape index (κ3) is 4.22. The van der Waals surface area contributed by atoms with Crippen molar-refractivity contribution < 1.29 is 14.3 Å². The van der Waals surface area contributed by atoms with Crippen molar-refractivity contribution in [3.63, 3.8) is 0 Å². The van der Waals surface area contributed by atoms with Crippen LogP contribution >= 0.6 is 0 Å². The first-order chi connectivity index (χ1) is 12.7. The van der Waals surface area contributed by atoms with Crippen molar-refractivity contribution in [1.29, 1.82) is 0 Å². The number of ether oxygens (including phenoxy) is 2. The maximum Gasteiger partial charge on any atom is 0.274 e. The summed E-state index contributed by atoms with van der Waals surface area (Å²) in [6.07, 6.45) is 2.93. The molecule has 3 rings (SSSR count). The van der Waals surface area contributed by atoms with E-state index in [1.807, 2.05) is 23.1 Å². The predicted octanol–water partition coefficient (Wildman–Crippen LogP) is 2.38. The van der Waals surface area contributed by atoms with Crippen molar-refractivity contribution in [2.45, 2.75) is 19.3 Å². The molecule has 2 aromatic rings. The van der Waals surface area contributed by atoms with Crippen molar-refractivity contribution in [3.8, 4) is 11.5 Å². The number of anilines is 1. The normalized spacial score (nSPS) is 13.5. The van der Waals surface area contributed by atoms with Crippen LogP contribution in [-0.2, 0) is 6.42 Å². The van der Waals surface area contributed by atoms with Gasteiger partial charge in [0.05, 0.1) is 14.2 Å². The minimum atomic E-state index is -0.0353. The summed E-state index contributed by atoms with van der Waals surface area (Å²) >= 11 is 0. The quantitative estimate of drug-likeness (QED) is 0.821. The molecular weight excluding hydrogens is 332 g/mol. The van der Waals surface area contributed by atoms with Gasteiger partial charge in [-0.2, -0.15) is 0 Å². The number of methoxy groups -OCH3 is 2. The molecule has 1 amide bonds. The molecule has 7 heteroatoms. The second-order valence-corrected chi connectivity index (χ2v) is 6.17. The predicted molar refractivity (Wildman–Crippen MR) is 98.9 cm³/mol. The first-order valence-electron chi connectivity index (χ1n) is 8.79. The second kappa shape index (κ2) is 8.51. The number of carbonyl (C=O) groups is 1. The lowest BCUT2D eigenvalue weighted by Crippen LogP contribution is -2.28. The van der Waals surface area contributed by atoms with E-state index in [4.69, 9.17) is 9.47 Å². The van der Waals surface area contributed by atoms with E-state index >= 15 is 0 Å². The lowest BCUT2D eigenvalue weighted by Gasteiger charge is -2.14. The summed E-state index contributed by atoms with van der Waals surface area (Å²) in [5.41, 5.74) is 1.53. The molecule has 0 aliphatic carbocycles. The molecule has 7 nitrogen and oxygen atoms in total. The lowest BCUT2D eigenvalue weighted by atomic mass is 10.1. The first kappa shape index (κ1) is 18.0. The molecule has 1 aromatic heterocycles. The van der Waals surface area contributed by atoms with Gasteiger partial charge in [-0.25, -0.2) is 0 Å². The Bertz CT molecular complexity index is 743. The highest BCUT2D eigenvalue weighted by Gasteiger charge is 2.20. The van der Waals surface area contributed by atoms with E-state index in [0.717, 1.165) is 43.7 Å². The molecule has 1 N–H and O–H groups in total. The summed E-state index contributed by atoms with van der Waals surface area (Å²) in [6.45, 7) is 2.32. The topological polar surface area (TPSA) is 76.6 Å². The molecule has 26 heavy (non-hydrogen) atoms. The average molecular weight is 356 g/mol. The standard InChI is InChI=1S/C19H24N4O3/c1-25-16-7-5-14(13-17(16)26-2)9-10-20-18-8-6-15(21-22-18)19(24)23-11-3-4-12-23/h5-8,13H,3-4,9-12H2,1-2H3,(H,20,22). The van der Waals surface area contributed by atoms with Crippen LogP contribution in [0.1, 0.15) is 28.9 Å². The van der Waals surface area contributed by atoms with Crippen molar-refractivity contribution in [1.82, 2.24) is 15.1 Å². The molecule has 1 saturated heterocycles. The Balaban J connectivity index is 1.53. The zero-order valence-electron chi connectivity index (χ0n) is 15.2. The van der Waals surface area contributed by atoms with Gasteiger partial charge in [-0.15, -0.1) is 10.2 Å². The fraction of sp³-hybridized carbons (Fsp3) is 0.421. The highest BCUT2D eigenvalue weighted by Crippen LogP contribution is 2.27. The number of hydrogen-bond acceptors (Lipinski definition) is 6. The number of carbonyl (C=O) groups excluding carboxylic acids is 1. The molecular formula is C19H24N4O3. The molecule has 1 fully saturated rings. The van der Waals surface area contributed by atoms with Gasteiger partial charge in [0.15, 0.2) is 17.2 Å². The van der Waals surface area contributed by atoms with Gasteiger partial charge >= 0.3 is 0 Å². The zero-order valence-corrected chi connectivity index (χ0v) is 15.2. The minimum absolute atomic E-state index is 0.0353.